The zero-order valence-electron chi connectivity index (χ0n) is 14.6. The van der Waals surface area contributed by atoms with Crippen molar-refractivity contribution >= 4 is 5.82 Å². The van der Waals surface area contributed by atoms with E-state index in [2.05, 4.69) is 17.0 Å². The third kappa shape index (κ3) is 5.93. The van der Waals surface area contributed by atoms with E-state index in [4.69, 9.17) is 23.9 Å². The number of rotatable bonds is 1. The second-order valence-electron chi connectivity index (χ2n) is 5.87. The van der Waals surface area contributed by atoms with Crippen LogP contribution in [0.15, 0.2) is 36.4 Å². The predicted octanol–water partition coefficient (Wildman–Crippen LogP) is 2.42. The first-order valence-electron chi connectivity index (χ1n) is 8.85. The normalized spacial score (nSPS) is 19.3. The molecule has 6 heteroatoms. The summed E-state index contributed by atoms with van der Waals surface area (Å²) >= 11 is 0. The van der Waals surface area contributed by atoms with Crippen LogP contribution in [0.1, 0.15) is 6.42 Å². The molecular formula is C19H26N2O4. The van der Waals surface area contributed by atoms with Gasteiger partial charge in [0.15, 0.2) is 0 Å². The van der Waals surface area contributed by atoms with Gasteiger partial charge in [-0.1, -0.05) is 24.3 Å². The average molecular weight is 346 g/mol. The van der Waals surface area contributed by atoms with E-state index < -0.39 is 0 Å². The predicted molar refractivity (Wildman–Crippen MR) is 96.1 cm³/mol. The monoisotopic (exact) mass is 346 g/mol. The van der Waals surface area contributed by atoms with Crippen LogP contribution >= 0.6 is 0 Å². The molecule has 2 aliphatic heterocycles. The fourth-order valence-corrected chi connectivity index (χ4v) is 2.72. The molecule has 0 N–H and O–H groups in total. The summed E-state index contributed by atoms with van der Waals surface area (Å²) in [5.74, 6) is 0.988. The van der Waals surface area contributed by atoms with Crippen LogP contribution in [0.3, 0.4) is 0 Å². The first-order valence-corrected chi connectivity index (χ1v) is 8.85. The highest BCUT2D eigenvalue weighted by Crippen LogP contribution is 2.26. The van der Waals surface area contributed by atoms with Gasteiger partial charge >= 0.3 is 0 Å². The molecule has 1 saturated heterocycles. The van der Waals surface area contributed by atoms with Crippen molar-refractivity contribution in [3.63, 3.8) is 0 Å². The quantitative estimate of drug-likeness (QED) is 0.790. The van der Waals surface area contributed by atoms with Crippen LogP contribution in [0.2, 0.25) is 0 Å². The summed E-state index contributed by atoms with van der Waals surface area (Å²) in [5, 5.41) is 0. The Morgan fingerprint density at radius 1 is 0.760 bits per heavy atom. The number of aromatic nitrogens is 1. The van der Waals surface area contributed by atoms with Crippen LogP contribution in [-0.2, 0) is 18.9 Å². The molecule has 0 bridgehead atoms. The van der Waals surface area contributed by atoms with E-state index in [-0.39, 0.29) is 0 Å². The van der Waals surface area contributed by atoms with Gasteiger partial charge in [-0.25, -0.2) is 4.98 Å². The third-order valence-corrected chi connectivity index (χ3v) is 4.02. The molecule has 1 fully saturated rings. The Hall–Kier alpha value is -1.73. The van der Waals surface area contributed by atoms with Gasteiger partial charge in [0.1, 0.15) is 12.6 Å². The van der Waals surface area contributed by atoms with E-state index >= 15 is 0 Å². The van der Waals surface area contributed by atoms with Crippen molar-refractivity contribution in [1.82, 2.24) is 4.98 Å². The lowest BCUT2D eigenvalue weighted by molar-refractivity contribution is -0.0717. The minimum absolute atomic E-state index is 0.314. The maximum absolute atomic E-state index is 5.68. The molecule has 0 aromatic carbocycles. The fraction of sp³-hybridized carbons (Fsp3) is 0.526. The van der Waals surface area contributed by atoms with E-state index in [0.717, 1.165) is 36.6 Å². The second-order valence-corrected chi connectivity index (χ2v) is 5.87. The van der Waals surface area contributed by atoms with E-state index in [1.54, 1.807) is 0 Å². The Morgan fingerprint density at radius 2 is 1.52 bits per heavy atom. The van der Waals surface area contributed by atoms with Gasteiger partial charge in [0.05, 0.1) is 45.3 Å². The first kappa shape index (κ1) is 18.1. The van der Waals surface area contributed by atoms with Crippen LogP contribution in [0.5, 0.6) is 0 Å². The first-order chi connectivity index (χ1) is 12.4. The smallest absolute Gasteiger partial charge is 0.146 e. The molecule has 0 aromatic heterocycles. The molecule has 3 aliphatic rings. The van der Waals surface area contributed by atoms with Crippen LogP contribution < -0.4 is 4.90 Å². The van der Waals surface area contributed by atoms with E-state index in [9.17, 15) is 0 Å². The molecule has 3 rings (SSSR count). The van der Waals surface area contributed by atoms with Crippen LogP contribution in [0.4, 0.5) is 5.82 Å². The Morgan fingerprint density at radius 3 is 2.44 bits per heavy atom. The highest BCUT2D eigenvalue weighted by molar-refractivity contribution is 5.68. The van der Waals surface area contributed by atoms with Gasteiger partial charge in [0, 0.05) is 18.7 Å². The number of hydrogen-bond acceptors (Lipinski definition) is 6. The summed E-state index contributed by atoms with van der Waals surface area (Å²) < 4.78 is 22.0. The molecule has 0 unspecified atom stereocenters. The summed E-state index contributed by atoms with van der Waals surface area (Å²) in [6, 6.07) is 12.3. The highest BCUT2D eigenvalue weighted by atomic mass is 16.7. The summed E-state index contributed by atoms with van der Waals surface area (Å²) in [6.07, 6.45) is 0.914. The molecular weight excluding hydrogens is 320 g/mol. The molecule has 6 nitrogen and oxygen atoms in total. The Bertz CT molecular complexity index is 549. The van der Waals surface area contributed by atoms with Gasteiger partial charge < -0.3 is 23.8 Å². The minimum atomic E-state index is 0.314. The summed E-state index contributed by atoms with van der Waals surface area (Å²) in [5.41, 5.74) is 2.16. The number of anilines is 1. The van der Waals surface area contributed by atoms with Crippen molar-refractivity contribution < 1.29 is 18.9 Å². The van der Waals surface area contributed by atoms with Crippen molar-refractivity contribution in [2.75, 3.05) is 64.4 Å². The van der Waals surface area contributed by atoms with Crippen molar-refractivity contribution in [3.05, 3.63) is 36.4 Å². The molecule has 1 aliphatic carbocycles. The Labute approximate surface area is 149 Å². The standard InChI is InChI=1S/C19H26N2O4/c1-2-5-17-15-19(20-18(17)6-3-1)21-7-4-9-24-16-25-14-13-23-12-11-22-10-8-21/h1-3,5-6,15H,4,7-14,16H2. The molecule has 2 heterocycles. The van der Waals surface area contributed by atoms with Gasteiger partial charge in [-0.3, -0.25) is 0 Å². The molecule has 0 spiro atoms. The molecule has 136 valence electrons. The number of nitrogens with zero attached hydrogens (tertiary/aromatic N) is 2. The van der Waals surface area contributed by atoms with E-state index in [1.165, 1.54) is 0 Å². The second kappa shape index (κ2) is 10.3. The summed E-state index contributed by atoms with van der Waals surface area (Å²) in [4.78, 5) is 7.03. The summed E-state index contributed by atoms with van der Waals surface area (Å²) in [7, 11) is 0. The molecule has 0 atom stereocenters. The third-order valence-electron chi connectivity index (χ3n) is 4.02. The maximum Gasteiger partial charge on any atom is 0.146 e. The zero-order valence-corrected chi connectivity index (χ0v) is 14.6. The maximum atomic E-state index is 5.68. The zero-order chi connectivity index (χ0) is 17.2. The summed E-state index contributed by atoms with van der Waals surface area (Å²) in [6.45, 7) is 5.59. The van der Waals surface area contributed by atoms with Crippen molar-refractivity contribution in [2.24, 2.45) is 0 Å². The molecule has 25 heavy (non-hydrogen) atoms. The Balaban J connectivity index is 1.64. The van der Waals surface area contributed by atoms with E-state index in [0.29, 0.717) is 46.4 Å². The minimum Gasteiger partial charge on any atom is -0.377 e. The number of ether oxygens (including phenoxy) is 4. The van der Waals surface area contributed by atoms with Gasteiger partial charge in [0.2, 0.25) is 0 Å². The lowest BCUT2D eigenvalue weighted by Gasteiger charge is -2.22. The van der Waals surface area contributed by atoms with Gasteiger partial charge in [-0.15, -0.1) is 0 Å². The van der Waals surface area contributed by atoms with Gasteiger partial charge in [-0.05, 0) is 18.6 Å². The van der Waals surface area contributed by atoms with Crippen LogP contribution in [-0.4, -0.2) is 64.5 Å². The number of fused-ring (bicyclic) bond motifs is 1. The molecule has 0 amide bonds. The van der Waals surface area contributed by atoms with Gasteiger partial charge in [0.25, 0.3) is 0 Å². The lowest BCUT2D eigenvalue weighted by atomic mass is 10.2. The van der Waals surface area contributed by atoms with Crippen LogP contribution in [0, 0.1) is 0 Å². The fourth-order valence-electron chi connectivity index (χ4n) is 2.72. The SMILES string of the molecule is c1ccc2cc(N3CCCOCOCCOCCOCC3)nc-2cc1. The Kier molecular flexibility index (Phi) is 7.45. The van der Waals surface area contributed by atoms with Crippen molar-refractivity contribution in [3.8, 4) is 11.3 Å². The van der Waals surface area contributed by atoms with E-state index in [1.807, 2.05) is 24.3 Å². The topological polar surface area (TPSA) is 53.1 Å². The highest BCUT2D eigenvalue weighted by Gasteiger charge is 2.13. The molecule has 0 radical (unpaired) electrons. The average Bonchev–Trinajstić information content (AvgIpc) is 2.89. The lowest BCUT2D eigenvalue weighted by Crippen LogP contribution is -2.30. The molecule has 0 aromatic rings. The van der Waals surface area contributed by atoms with Crippen molar-refractivity contribution in [1.29, 1.82) is 0 Å². The molecule has 0 saturated carbocycles. The number of hydrogen-bond donors (Lipinski definition) is 0. The largest absolute Gasteiger partial charge is 0.377 e. The van der Waals surface area contributed by atoms with Gasteiger partial charge in [-0.2, -0.15) is 0 Å². The van der Waals surface area contributed by atoms with Crippen LogP contribution in [0.25, 0.3) is 11.3 Å². The van der Waals surface area contributed by atoms with Crippen molar-refractivity contribution in [2.45, 2.75) is 6.42 Å².